The van der Waals surface area contributed by atoms with Gasteiger partial charge in [0.1, 0.15) is 11.7 Å². The van der Waals surface area contributed by atoms with Crippen molar-refractivity contribution in [2.24, 2.45) is 0 Å². The SMILES string of the molecule is CC(C(=O)NCc1ccccn1)n1nc(-c2ccco2)ccc1=O. The number of furan rings is 1. The average molecular weight is 324 g/mol. The van der Waals surface area contributed by atoms with Crippen LogP contribution in [0.1, 0.15) is 18.7 Å². The van der Waals surface area contributed by atoms with Crippen LogP contribution in [0, 0.1) is 0 Å². The molecule has 0 aromatic carbocycles. The van der Waals surface area contributed by atoms with Crippen LogP contribution < -0.4 is 10.9 Å². The molecule has 3 heterocycles. The zero-order chi connectivity index (χ0) is 16.9. The predicted molar refractivity (Wildman–Crippen MR) is 87.0 cm³/mol. The molecule has 3 rings (SSSR count). The second-order valence-corrected chi connectivity index (χ2v) is 5.19. The van der Waals surface area contributed by atoms with Gasteiger partial charge in [-0.2, -0.15) is 5.10 Å². The molecule has 0 bridgehead atoms. The number of nitrogens with zero attached hydrogens (tertiary/aromatic N) is 3. The van der Waals surface area contributed by atoms with Crippen LogP contribution in [-0.2, 0) is 11.3 Å². The van der Waals surface area contributed by atoms with E-state index in [-0.39, 0.29) is 18.0 Å². The molecule has 1 atom stereocenters. The fourth-order valence-corrected chi connectivity index (χ4v) is 2.20. The van der Waals surface area contributed by atoms with E-state index < -0.39 is 6.04 Å². The largest absolute Gasteiger partial charge is 0.463 e. The molecule has 3 aromatic rings. The first-order valence-electron chi connectivity index (χ1n) is 7.46. The van der Waals surface area contributed by atoms with E-state index in [2.05, 4.69) is 15.4 Å². The fraction of sp³-hybridized carbons (Fsp3) is 0.176. The Balaban J connectivity index is 1.76. The molecule has 0 spiro atoms. The zero-order valence-electron chi connectivity index (χ0n) is 13.0. The first-order chi connectivity index (χ1) is 11.6. The van der Waals surface area contributed by atoms with E-state index in [9.17, 15) is 9.59 Å². The van der Waals surface area contributed by atoms with Crippen molar-refractivity contribution in [2.45, 2.75) is 19.5 Å². The minimum absolute atomic E-state index is 0.288. The molecule has 122 valence electrons. The topological polar surface area (TPSA) is 90.0 Å². The third-order valence-corrected chi connectivity index (χ3v) is 3.51. The van der Waals surface area contributed by atoms with Crippen LogP contribution in [0.5, 0.6) is 0 Å². The molecule has 1 amide bonds. The maximum absolute atomic E-state index is 12.3. The van der Waals surface area contributed by atoms with Crippen molar-refractivity contribution in [1.82, 2.24) is 20.1 Å². The summed E-state index contributed by atoms with van der Waals surface area (Å²) >= 11 is 0. The summed E-state index contributed by atoms with van der Waals surface area (Å²) in [5.41, 5.74) is 0.873. The molecule has 0 radical (unpaired) electrons. The number of amides is 1. The zero-order valence-corrected chi connectivity index (χ0v) is 13.0. The summed E-state index contributed by atoms with van der Waals surface area (Å²) in [6.07, 6.45) is 3.18. The highest BCUT2D eigenvalue weighted by Gasteiger charge is 2.18. The Bertz CT molecular complexity index is 872. The average Bonchev–Trinajstić information content (AvgIpc) is 3.15. The smallest absolute Gasteiger partial charge is 0.267 e. The van der Waals surface area contributed by atoms with Gasteiger partial charge in [-0.25, -0.2) is 4.68 Å². The van der Waals surface area contributed by atoms with Gasteiger partial charge in [-0.1, -0.05) is 6.07 Å². The van der Waals surface area contributed by atoms with Crippen LogP contribution in [0.2, 0.25) is 0 Å². The van der Waals surface area contributed by atoms with E-state index in [1.165, 1.54) is 12.3 Å². The molecule has 0 fully saturated rings. The van der Waals surface area contributed by atoms with Gasteiger partial charge in [-0.05, 0) is 37.3 Å². The Morgan fingerprint density at radius 1 is 1.25 bits per heavy atom. The van der Waals surface area contributed by atoms with Gasteiger partial charge < -0.3 is 9.73 Å². The number of hydrogen-bond donors (Lipinski definition) is 1. The van der Waals surface area contributed by atoms with E-state index in [4.69, 9.17) is 4.42 Å². The van der Waals surface area contributed by atoms with Gasteiger partial charge in [-0.15, -0.1) is 0 Å². The first-order valence-corrected chi connectivity index (χ1v) is 7.46. The molecule has 0 aliphatic rings. The lowest BCUT2D eigenvalue weighted by atomic mass is 10.2. The van der Waals surface area contributed by atoms with E-state index in [0.29, 0.717) is 11.5 Å². The molecule has 0 saturated heterocycles. The minimum Gasteiger partial charge on any atom is -0.463 e. The first kappa shape index (κ1) is 15.7. The number of rotatable bonds is 5. The monoisotopic (exact) mass is 324 g/mol. The molecule has 0 saturated carbocycles. The summed E-state index contributed by atoms with van der Waals surface area (Å²) in [4.78, 5) is 28.5. The van der Waals surface area contributed by atoms with Crippen molar-refractivity contribution in [1.29, 1.82) is 0 Å². The summed E-state index contributed by atoms with van der Waals surface area (Å²) in [5.74, 6) is 0.219. The van der Waals surface area contributed by atoms with E-state index in [1.807, 2.05) is 12.1 Å². The van der Waals surface area contributed by atoms with Crippen LogP contribution in [0.3, 0.4) is 0 Å². The highest BCUT2D eigenvalue weighted by Crippen LogP contribution is 2.16. The molecule has 0 aliphatic heterocycles. The van der Waals surface area contributed by atoms with Crippen molar-refractivity contribution in [3.05, 3.63) is 71.0 Å². The molecule has 7 heteroatoms. The predicted octanol–water partition coefficient (Wildman–Crippen LogP) is 1.78. The Labute approximate surface area is 138 Å². The number of aromatic nitrogens is 3. The van der Waals surface area contributed by atoms with Crippen molar-refractivity contribution in [3.8, 4) is 11.5 Å². The molecule has 7 nitrogen and oxygen atoms in total. The second kappa shape index (κ2) is 6.91. The highest BCUT2D eigenvalue weighted by molar-refractivity contribution is 5.79. The molecule has 24 heavy (non-hydrogen) atoms. The lowest BCUT2D eigenvalue weighted by Gasteiger charge is -2.14. The number of pyridine rings is 1. The van der Waals surface area contributed by atoms with Crippen molar-refractivity contribution < 1.29 is 9.21 Å². The third kappa shape index (κ3) is 3.40. The highest BCUT2D eigenvalue weighted by atomic mass is 16.3. The van der Waals surface area contributed by atoms with E-state index in [1.54, 1.807) is 37.4 Å². The lowest BCUT2D eigenvalue weighted by molar-refractivity contribution is -0.124. The second-order valence-electron chi connectivity index (χ2n) is 5.19. The Hall–Kier alpha value is -3.22. The number of carbonyl (C=O) groups excluding carboxylic acids is 1. The summed E-state index contributed by atoms with van der Waals surface area (Å²) in [6.45, 7) is 1.91. The lowest BCUT2D eigenvalue weighted by Crippen LogP contribution is -2.36. The quantitative estimate of drug-likeness (QED) is 0.772. The maximum atomic E-state index is 12.3. The number of hydrogen-bond acceptors (Lipinski definition) is 5. The number of nitrogens with one attached hydrogen (secondary N) is 1. The van der Waals surface area contributed by atoms with Gasteiger partial charge in [0.2, 0.25) is 5.91 Å². The Morgan fingerprint density at radius 3 is 2.83 bits per heavy atom. The van der Waals surface area contributed by atoms with Gasteiger partial charge >= 0.3 is 0 Å². The Kier molecular flexibility index (Phi) is 4.51. The van der Waals surface area contributed by atoms with E-state index >= 15 is 0 Å². The fourth-order valence-electron chi connectivity index (χ4n) is 2.20. The van der Waals surface area contributed by atoms with E-state index in [0.717, 1.165) is 10.4 Å². The standard InChI is InChI=1S/C17H16N4O3/c1-12(17(23)19-11-13-5-2-3-9-18-13)21-16(22)8-7-14(20-21)15-6-4-10-24-15/h2-10,12H,11H2,1H3,(H,19,23). The summed E-state index contributed by atoms with van der Waals surface area (Å²) in [5, 5.41) is 6.98. The van der Waals surface area contributed by atoms with Crippen molar-refractivity contribution in [2.75, 3.05) is 0 Å². The van der Waals surface area contributed by atoms with Gasteiger partial charge in [0.15, 0.2) is 5.76 Å². The van der Waals surface area contributed by atoms with Crippen LogP contribution in [0.15, 0.2) is 64.1 Å². The third-order valence-electron chi connectivity index (χ3n) is 3.51. The molecule has 1 N–H and O–H groups in total. The summed E-state index contributed by atoms with van der Waals surface area (Å²) in [6, 6.07) is 11.1. The molecule has 0 aliphatic carbocycles. The van der Waals surface area contributed by atoms with Crippen LogP contribution in [0.4, 0.5) is 0 Å². The van der Waals surface area contributed by atoms with Crippen molar-refractivity contribution in [3.63, 3.8) is 0 Å². The normalized spacial score (nSPS) is 11.9. The molecule has 1 unspecified atom stereocenters. The summed E-state index contributed by atoms with van der Waals surface area (Å²) in [7, 11) is 0. The number of carbonyl (C=O) groups is 1. The van der Waals surface area contributed by atoms with Gasteiger partial charge in [-0.3, -0.25) is 14.6 Å². The van der Waals surface area contributed by atoms with Crippen LogP contribution >= 0.6 is 0 Å². The summed E-state index contributed by atoms with van der Waals surface area (Å²) < 4.78 is 6.42. The Morgan fingerprint density at radius 2 is 2.12 bits per heavy atom. The van der Waals surface area contributed by atoms with Crippen molar-refractivity contribution >= 4 is 5.91 Å². The van der Waals surface area contributed by atoms with Gasteiger partial charge in [0.05, 0.1) is 18.5 Å². The van der Waals surface area contributed by atoms with Crippen LogP contribution in [-0.4, -0.2) is 20.7 Å². The van der Waals surface area contributed by atoms with Gasteiger partial charge in [0, 0.05) is 12.3 Å². The van der Waals surface area contributed by atoms with Gasteiger partial charge in [0.25, 0.3) is 5.56 Å². The molecule has 3 aromatic heterocycles. The maximum Gasteiger partial charge on any atom is 0.267 e. The molecular formula is C17H16N4O3. The molecular weight excluding hydrogens is 308 g/mol. The minimum atomic E-state index is -0.754. The van der Waals surface area contributed by atoms with Crippen LogP contribution in [0.25, 0.3) is 11.5 Å².